The Bertz CT molecular complexity index is 657. The van der Waals surface area contributed by atoms with E-state index in [1.54, 1.807) is 6.07 Å². The number of carbonyl (C=O) groups is 2. The summed E-state index contributed by atoms with van der Waals surface area (Å²) in [6, 6.07) is 3.05. The van der Waals surface area contributed by atoms with Gasteiger partial charge >= 0.3 is 5.97 Å². The molecule has 1 heterocycles. The predicted octanol–water partition coefficient (Wildman–Crippen LogP) is 2.89. The normalized spacial score (nSPS) is 19.2. The molecule has 0 aliphatic carbocycles. The van der Waals surface area contributed by atoms with Crippen molar-refractivity contribution in [2.45, 2.75) is 38.6 Å². The summed E-state index contributed by atoms with van der Waals surface area (Å²) in [5, 5.41) is 12.2. The Morgan fingerprint density at radius 3 is 2.69 bits per heavy atom. The lowest BCUT2D eigenvalue weighted by atomic mass is 9.93. The van der Waals surface area contributed by atoms with Crippen molar-refractivity contribution in [3.63, 3.8) is 0 Å². The van der Waals surface area contributed by atoms with Gasteiger partial charge in [-0.1, -0.05) is 18.5 Å². The van der Waals surface area contributed by atoms with E-state index in [1.165, 1.54) is 6.07 Å². The Balaban J connectivity index is 2.26. The molecule has 0 aromatic heterocycles. The third kappa shape index (κ3) is 5.02. The Morgan fingerprint density at radius 2 is 2.12 bits per heavy atom. The van der Waals surface area contributed by atoms with Gasteiger partial charge in [-0.25, -0.2) is 0 Å². The van der Waals surface area contributed by atoms with E-state index in [4.69, 9.17) is 30.9 Å². The maximum atomic E-state index is 12.7. The number of hydrogen-bond donors (Lipinski definition) is 2. The van der Waals surface area contributed by atoms with Crippen molar-refractivity contribution < 1.29 is 28.9 Å². The van der Waals surface area contributed by atoms with Crippen LogP contribution in [0.25, 0.3) is 0 Å². The Kier molecular flexibility index (Phi) is 7.11. The van der Waals surface area contributed by atoms with Crippen molar-refractivity contribution in [1.82, 2.24) is 5.32 Å². The van der Waals surface area contributed by atoms with Crippen molar-refractivity contribution in [2.75, 3.05) is 26.4 Å². The summed E-state index contributed by atoms with van der Waals surface area (Å²) < 4.78 is 16.5. The number of nitrogens with one attached hydrogen (secondary N) is 1. The minimum absolute atomic E-state index is 0.161. The third-order valence-corrected chi connectivity index (χ3v) is 4.27. The van der Waals surface area contributed by atoms with E-state index in [9.17, 15) is 9.59 Å². The summed E-state index contributed by atoms with van der Waals surface area (Å²) in [5.41, 5.74) is -0.641. The van der Waals surface area contributed by atoms with Crippen LogP contribution < -0.4 is 14.8 Å². The molecule has 1 aromatic rings. The number of carboxylic acids is 1. The summed E-state index contributed by atoms with van der Waals surface area (Å²) in [6.07, 6.45) is 1.04. The molecule has 1 aliphatic heterocycles. The number of carbonyl (C=O) groups excluding carboxylic acids is 1. The molecule has 7 nitrogen and oxygen atoms in total. The highest BCUT2D eigenvalue weighted by atomic mass is 35.5. The number of hydrogen-bond acceptors (Lipinski definition) is 5. The van der Waals surface area contributed by atoms with E-state index in [1.807, 2.05) is 13.8 Å². The second kappa shape index (κ2) is 9.09. The molecule has 1 saturated heterocycles. The maximum Gasteiger partial charge on any atom is 0.305 e. The molecule has 0 saturated carbocycles. The Hall–Kier alpha value is -1.99. The zero-order valence-electron chi connectivity index (χ0n) is 15.0. The van der Waals surface area contributed by atoms with Gasteiger partial charge in [0, 0.05) is 12.2 Å². The molecule has 144 valence electrons. The first kappa shape index (κ1) is 20.3. The van der Waals surface area contributed by atoms with Gasteiger partial charge in [0.15, 0.2) is 11.5 Å². The van der Waals surface area contributed by atoms with Crippen LogP contribution in [0.3, 0.4) is 0 Å². The summed E-state index contributed by atoms with van der Waals surface area (Å²) in [5.74, 6) is -0.640. The van der Waals surface area contributed by atoms with Crippen molar-refractivity contribution >= 4 is 23.5 Å². The number of ether oxygens (including phenoxy) is 3. The Labute approximate surface area is 157 Å². The highest BCUT2D eigenvalue weighted by molar-refractivity contribution is 6.32. The van der Waals surface area contributed by atoms with Gasteiger partial charge in [-0.2, -0.15) is 0 Å². The molecule has 1 aliphatic rings. The first-order valence-electron chi connectivity index (χ1n) is 8.62. The average Bonchev–Trinajstić information content (AvgIpc) is 3.01. The van der Waals surface area contributed by atoms with E-state index < -0.39 is 17.4 Å². The fraction of sp³-hybridized carbons (Fsp3) is 0.556. The second-order valence-corrected chi connectivity index (χ2v) is 6.58. The lowest BCUT2D eigenvalue weighted by molar-refractivity contribution is -0.138. The van der Waals surface area contributed by atoms with Crippen molar-refractivity contribution in [2.24, 2.45) is 0 Å². The van der Waals surface area contributed by atoms with E-state index in [0.29, 0.717) is 37.7 Å². The number of halogens is 1. The molecule has 1 amide bonds. The molecule has 8 heteroatoms. The van der Waals surface area contributed by atoms with E-state index in [-0.39, 0.29) is 23.6 Å². The highest BCUT2D eigenvalue weighted by Gasteiger charge is 2.39. The van der Waals surface area contributed by atoms with Crippen LogP contribution >= 0.6 is 11.6 Å². The maximum absolute atomic E-state index is 12.7. The number of carboxylic acid groups (broad SMARTS) is 1. The summed E-state index contributed by atoms with van der Waals surface area (Å²) in [6.45, 7) is 5.23. The summed E-state index contributed by atoms with van der Waals surface area (Å²) >= 11 is 6.28. The smallest absolute Gasteiger partial charge is 0.305 e. The van der Waals surface area contributed by atoms with Crippen LogP contribution in [-0.4, -0.2) is 48.9 Å². The first-order valence-corrected chi connectivity index (χ1v) is 8.99. The standard InChI is InChI=1S/C18H24ClNO6/c1-3-6-26-16-13(19)8-12(9-14(16)25-4-2)17(23)20-18(10-15(21)22)5-7-24-11-18/h8-9H,3-7,10-11H2,1-2H3,(H,20,23)(H,21,22). The van der Waals surface area contributed by atoms with Crippen molar-refractivity contribution in [1.29, 1.82) is 0 Å². The molecule has 0 spiro atoms. The fourth-order valence-corrected chi connectivity index (χ4v) is 3.06. The monoisotopic (exact) mass is 385 g/mol. The first-order chi connectivity index (χ1) is 12.4. The summed E-state index contributed by atoms with van der Waals surface area (Å²) in [4.78, 5) is 23.9. The highest BCUT2D eigenvalue weighted by Crippen LogP contribution is 2.37. The van der Waals surface area contributed by atoms with Crippen molar-refractivity contribution in [3.05, 3.63) is 22.7 Å². The van der Waals surface area contributed by atoms with Gasteiger partial charge in [0.05, 0.1) is 36.8 Å². The lowest BCUT2D eigenvalue weighted by Crippen LogP contribution is -2.50. The predicted molar refractivity (Wildman–Crippen MR) is 96.3 cm³/mol. The van der Waals surface area contributed by atoms with Gasteiger partial charge in [0.25, 0.3) is 5.91 Å². The zero-order chi connectivity index (χ0) is 19.2. The van der Waals surface area contributed by atoms with E-state index >= 15 is 0 Å². The fourth-order valence-electron chi connectivity index (χ4n) is 2.80. The topological polar surface area (TPSA) is 94.1 Å². The molecular formula is C18H24ClNO6. The van der Waals surface area contributed by atoms with E-state index in [0.717, 1.165) is 6.42 Å². The minimum atomic E-state index is -0.993. The number of amides is 1. The molecule has 0 bridgehead atoms. The molecule has 1 unspecified atom stereocenters. The molecule has 0 radical (unpaired) electrons. The van der Waals surface area contributed by atoms with Gasteiger partial charge in [0.2, 0.25) is 0 Å². The van der Waals surface area contributed by atoms with Crippen LogP contribution in [-0.2, 0) is 9.53 Å². The van der Waals surface area contributed by atoms with E-state index in [2.05, 4.69) is 5.32 Å². The van der Waals surface area contributed by atoms with Gasteiger partial charge in [-0.05, 0) is 31.9 Å². The molecule has 26 heavy (non-hydrogen) atoms. The SMILES string of the molecule is CCCOc1c(Cl)cc(C(=O)NC2(CC(=O)O)CCOC2)cc1OCC. The van der Waals surface area contributed by atoms with Gasteiger partial charge in [0.1, 0.15) is 0 Å². The van der Waals surface area contributed by atoms with Crippen LogP contribution in [0.4, 0.5) is 0 Å². The molecule has 1 atom stereocenters. The number of benzene rings is 1. The number of aliphatic carboxylic acids is 1. The Morgan fingerprint density at radius 1 is 1.35 bits per heavy atom. The number of rotatable bonds is 9. The second-order valence-electron chi connectivity index (χ2n) is 6.17. The molecule has 1 fully saturated rings. The zero-order valence-corrected chi connectivity index (χ0v) is 15.7. The molecular weight excluding hydrogens is 362 g/mol. The largest absolute Gasteiger partial charge is 0.490 e. The molecule has 2 N–H and O–H groups in total. The molecule has 2 rings (SSSR count). The lowest BCUT2D eigenvalue weighted by Gasteiger charge is -2.27. The van der Waals surface area contributed by atoms with Crippen LogP contribution in [0.5, 0.6) is 11.5 Å². The third-order valence-electron chi connectivity index (χ3n) is 3.99. The van der Waals surface area contributed by atoms with Crippen LogP contribution in [0, 0.1) is 0 Å². The van der Waals surface area contributed by atoms with Gasteiger partial charge < -0.3 is 24.6 Å². The van der Waals surface area contributed by atoms with Crippen LogP contribution in [0.15, 0.2) is 12.1 Å². The van der Waals surface area contributed by atoms with Crippen molar-refractivity contribution in [3.8, 4) is 11.5 Å². The molecule has 1 aromatic carbocycles. The summed E-state index contributed by atoms with van der Waals surface area (Å²) in [7, 11) is 0. The quantitative estimate of drug-likeness (QED) is 0.678. The van der Waals surface area contributed by atoms with Gasteiger partial charge in [-0.15, -0.1) is 0 Å². The van der Waals surface area contributed by atoms with Crippen LogP contribution in [0.1, 0.15) is 43.5 Å². The minimum Gasteiger partial charge on any atom is -0.490 e. The average molecular weight is 386 g/mol. The van der Waals surface area contributed by atoms with Gasteiger partial charge in [-0.3, -0.25) is 9.59 Å². The van der Waals surface area contributed by atoms with Crippen LogP contribution in [0.2, 0.25) is 5.02 Å².